The molecule has 0 saturated heterocycles. The van der Waals surface area contributed by atoms with Crippen molar-refractivity contribution in [3.63, 3.8) is 0 Å². The van der Waals surface area contributed by atoms with Crippen LogP contribution in [0.2, 0.25) is 0 Å². The highest BCUT2D eigenvalue weighted by atomic mass is 32.2. The first-order chi connectivity index (χ1) is 17.3. The number of nitrogens with zero attached hydrogens (tertiary/aromatic N) is 2. The fourth-order valence-electron chi connectivity index (χ4n) is 3.90. The van der Waals surface area contributed by atoms with Crippen LogP contribution in [0.3, 0.4) is 0 Å². The second kappa shape index (κ2) is 12.2. The highest BCUT2D eigenvalue weighted by molar-refractivity contribution is 7.92. The molecule has 0 aliphatic rings. The quantitative estimate of drug-likeness (QED) is 0.427. The maximum Gasteiger partial charge on any atom is 0.264 e. The van der Waals surface area contributed by atoms with E-state index in [9.17, 15) is 18.0 Å². The molecule has 0 fully saturated rings. The molecule has 1 N–H and O–H groups in total. The van der Waals surface area contributed by atoms with Crippen molar-refractivity contribution in [3.8, 4) is 5.75 Å². The Morgan fingerprint density at radius 2 is 1.58 bits per heavy atom. The van der Waals surface area contributed by atoms with Crippen LogP contribution in [-0.4, -0.2) is 51.9 Å². The second-order valence-electron chi connectivity index (χ2n) is 8.07. The number of benzene rings is 3. The standard InChI is InChI=1S/C27H31N3O5S/c1-4-25(27(32)28-2)29(19-21-12-11-15-23(18-21)35-3)26(31)20-30(22-13-7-5-8-14-22)36(33,34)24-16-9-6-10-17-24/h5-18,25H,4,19-20H2,1-3H3,(H,28,32)/t25-/m1/s1. The van der Waals surface area contributed by atoms with Gasteiger partial charge in [-0.2, -0.15) is 0 Å². The normalized spacial score (nSPS) is 11.9. The molecule has 0 saturated carbocycles. The molecular weight excluding hydrogens is 478 g/mol. The summed E-state index contributed by atoms with van der Waals surface area (Å²) < 4.78 is 33.6. The third-order valence-electron chi connectivity index (χ3n) is 5.77. The fourth-order valence-corrected chi connectivity index (χ4v) is 5.33. The first-order valence-corrected chi connectivity index (χ1v) is 13.0. The van der Waals surface area contributed by atoms with Crippen molar-refractivity contribution >= 4 is 27.5 Å². The SMILES string of the molecule is CC[C@H](C(=O)NC)N(Cc1cccc(OC)c1)C(=O)CN(c1ccccc1)S(=O)(=O)c1ccccc1. The van der Waals surface area contributed by atoms with Gasteiger partial charge in [-0.05, 0) is 48.4 Å². The van der Waals surface area contributed by atoms with Gasteiger partial charge in [-0.25, -0.2) is 8.42 Å². The van der Waals surface area contributed by atoms with Crippen LogP contribution in [0.25, 0.3) is 0 Å². The molecule has 3 aromatic rings. The fraction of sp³-hybridized carbons (Fsp3) is 0.259. The van der Waals surface area contributed by atoms with Crippen LogP contribution < -0.4 is 14.4 Å². The van der Waals surface area contributed by atoms with E-state index in [0.717, 1.165) is 9.87 Å². The molecule has 3 rings (SSSR count). The van der Waals surface area contributed by atoms with Gasteiger partial charge in [0.15, 0.2) is 0 Å². The zero-order valence-corrected chi connectivity index (χ0v) is 21.4. The minimum Gasteiger partial charge on any atom is -0.497 e. The Labute approximate surface area is 212 Å². The molecule has 0 bridgehead atoms. The number of hydrogen-bond donors (Lipinski definition) is 1. The van der Waals surface area contributed by atoms with E-state index in [0.29, 0.717) is 17.9 Å². The predicted molar refractivity (Wildman–Crippen MR) is 139 cm³/mol. The smallest absolute Gasteiger partial charge is 0.264 e. The van der Waals surface area contributed by atoms with E-state index in [4.69, 9.17) is 4.74 Å². The third kappa shape index (κ3) is 6.23. The van der Waals surface area contributed by atoms with Crippen molar-refractivity contribution in [3.05, 3.63) is 90.5 Å². The molecule has 0 spiro atoms. The number of anilines is 1. The van der Waals surface area contributed by atoms with Crippen molar-refractivity contribution in [2.75, 3.05) is 25.0 Å². The van der Waals surface area contributed by atoms with Crippen LogP contribution in [0.1, 0.15) is 18.9 Å². The molecule has 3 aromatic carbocycles. The molecule has 0 aliphatic heterocycles. The van der Waals surface area contributed by atoms with Gasteiger partial charge in [-0.15, -0.1) is 0 Å². The van der Waals surface area contributed by atoms with Crippen LogP contribution in [0.15, 0.2) is 89.8 Å². The average Bonchev–Trinajstić information content (AvgIpc) is 2.92. The van der Waals surface area contributed by atoms with Crippen LogP contribution in [0.4, 0.5) is 5.69 Å². The van der Waals surface area contributed by atoms with E-state index in [-0.39, 0.29) is 17.3 Å². The number of rotatable bonds is 11. The molecule has 0 unspecified atom stereocenters. The first kappa shape index (κ1) is 26.7. The third-order valence-corrected chi connectivity index (χ3v) is 7.56. The molecule has 8 nitrogen and oxygen atoms in total. The Bertz CT molecular complexity index is 1270. The van der Waals surface area contributed by atoms with Gasteiger partial charge in [0.05, 0.1) is 17.7 Å². The molecule has 0 aromatic heterocycles. The monoisotopic (exact) mass is 509 g/mol. The van der Waals surface area contributed by atoms with Gasteiger partial charge in [0.1, 0.15) is 18.3 Å². The van der Waals surface area contributed by atoms with Gasteiger partial charge in [0.2, 0.25) is 11.8 Å². The Morgan fingerprint density at radius 3 is 2.17 bits per heavy atom. The summed E-state index contributed by atoms with van der Waals surface area (Å²) in [6, 6.07) is 22.8. The van der Waals surface area contributed by atoms with Crippen LogP contribution in [0, 0.1) is 0 Å². The summed E-state index contributed by atoms with van der Waals surface area (Å²) in [7, 11) is -1.00. The van der Waals surface area contributed by atoms with E-state index in [2.05, 4.69) is 5.32 Å². The van der Waals surface area contributed by atoms with Crippen molar-refractivity contribution in [1.29, 1.82) is 0 Å². The van der Waals surface area contributed by atoms with Crippen molar-refractivity contribution < 1.29 is 22.7 Å². The summed E-state index contributed by atoms with van der Waals surface area (Å²) in [5, 5.41) is 2.61. The second-order valence-corrected chi connectivity index (χ2v) is 9.93. The van der Waals surface area contributed by atoms with E-state index in [1.807, 2.05) is 6.07 Å². The van der Waals surface area contributed by atoms with E-state index < -0.39 is 28.5 Å². The number of methoxy groups -OCH3 is 1. The van der Waals surface area contributed by atoms with E-state index >= 15 is 0 Å². The lowest BCUT2D eigenvalue weighted by Gasteiger charge is -2.33. The number of carbonyl (C=O) groups excluding carboxylic acids is 2. The Morgan fingerprint density at radius 1 is 0.944 bits per heavy atom. The summed E-state index contributed by atoms with van der Waals surface area (Å²) in [5.74, 6) is -0.215. The van der Waals surface area contributed by atoms with Gasteiger partial charge in [-0.1, -0.05) is 55.5 Å². The summed E-state index contributed by atoms with van der Waals surface area (Å²) in [6.07, 6.45) is 0.353. The lowest BCUT2D eigenvalue weighted by atomic mass is 10.1. The molecule has 1 atom stereocenters. The lowest BCUT2D eigenvalue weighted by Crippen LogP contribution is -2.51. The number of para-hydroxylation sites is 1. The number of ether oxygens (including phenoxy) is 1. The van der Waals surface area contributed by atoms with Gasteiger partial charge >= 0.3 is 0 Å². The molecule has 190 valence electrons. The van der Waals surface area contributed by atoms with Crippen LogP contribution in [0.5, 0.6) is 5.75 Å². The Balaban J connectivity index is 2.02. The number of carbonyl (C=O) groups is 2. The van der Waals surface area contributed by atoms with Crippen molar-refractivity contribution in [1.82, 2.24) is 10.2 Å². The Hall–Kier alpha value is -3.85. The maximum absolute atomic E-state index is 13.8. The zero-order chi connectivity index (χ0) is 26.1. The van der Waals surface area contributed by atoms with Gasteiger partial charge in [0, 0.05) is 13.6 Å². The highest BCUT2D eigenvalue weighted by Crippen LogP contribution is 2.25. The number of hydrogen-bond acceptors (Lipinski definition) is 5. The number of sulfonamides is 1. The largest absolute Gasteiger partial charge is 0.497 e. The van der Waals surface area contributed by atoms with Crippen LogP contribution >= 0.6 is 0 Å². The zero-order valence-electron chi connectivity index (χ0n) is 20.6. The van der Waals surface area contributed by atoms with Crippen molar-refractivity contribution in [2.24, 2.45) is 0 Å². The average molecular weight is 510 g/mol. The summed E-state index contributed by atoms with van der Waals surface area (Å²) in [6.45, 7) is 1.44. The molecule has 0 heterocycles. The van der Waals surface area contributed by atoms with E-state index in [1.54, 1.807) is 80.8 Å². The van der Waals surface area contributed by atoms with Crippen molar-refractivity contribution in [2.45, 2.75) is 30.8 Å². The van der Waals surface area contributed by atoms with Crippen LogP contribution in [-0.2, 0) is 26.2 Å². The molecule has 0 aliphatic carbocycles. The van der Waals surface area contributed by atoms with Gasteiger partial charge < -0.3 is 15.0 Å². The van der Waals surface area contributed by atoms with Gasteiger partial charge in [-0.3, -0.25) is 13.9 Å². The Kier molecular flexibility index (Phi) is 9.08. The summed E-state index contributed by atoms with van der Waals surface area (Å²) in [5.41, 5.74) is 1.10. The molecule has 36 heavy (non-hydrogen) atoms. The number of likely N-dealkylation sites (N-methyl/N-ethyl adjacent to an activating group) is 1. The summed E-state index contributed by atoms with van der Waals surface area (Å²) in [4.78, 5) is 28.0. The minimum absolute atomic E-state index is 0.0688. The molecule has 9 heteroatoms. The van der Waals surface area contributed by atoms with E-state index in [1.165, 1.54) is 24.1 Å². The van der Waals surface area contributed by atoms with Gasteiger partial charge in [0.25, 0.3) is 10.0 Å². The first-order valence-electron chi connectivity index (χ1n) is 11.6. The molecular formula is C27H31N3O5S. The topological polar surface area (TPSA) is 96.0 Å². The maximum atomic E-state index is 13.8. The highest BCUT2D eigenvalue weighted by Gasteiger charge is 2.33. The number of amides is 2. The predicted octanol–water partition coefficient (Wildman–Crippen LogP) is 3.44. The molecule has 0 radical (unpaired) electrons. The molecule has 2 amide bonds. The summed E-state index contributed by atoms with van der Waals surface area (Å²) >= 11 is 0. The minimum atomic E-state index is -4.06. The lowest BCUT2D eigenvalue weighted by molar-refractivity contribution is -0.140. The number of nitrogens with one attached hydrogen (secondary N) is 1.